The molecular weight excluding hydrogens is 256 g/mol. The zero-order chi connectivity index (χ0) is 14.7. The van der Waals surface area contributed by atoms with Crippen LogP contribution in [0.4, 0.5) is 5.69 Å². The van der Waals surface area contributed by atoms with E-state index in [2.05, 4.69) is 23.8 Å². The molecule has 1 fully saturated rings. The maximum absolute atomic E-state index is 11.4. The van der Waals surface area contributed by atoms with E-state index in [0.29, 0.717) is 17.4 Å². The van der Waals surface area contributed by atoms with Crippen molar-refractivity contribution in [1.29, 1.82) is 0 Å². The molecule has 0 aromatic heterocycles. The van der Waals surface area contributed by atoms with Crippen LogP contribution in [0.15, 0.2) is 18.2 Å². The van der Waals surface area contributed by atoms with Crippen molar-refractivity contribution < 1.29 is 14.6 Å². The summed E-state index contributed by atoms with van der Waals surface area (Å²) >= 11 is 0. The van der Waals surface area contributed by atoms with Gasteiger partial charge in [0.25, 0.3) is 0 Å². The molecule has 0 spiro atoms. The fourth-order valence-corrected chi connectivity index (χ4v) is 2.69. The molecule has 20 heavy (non-hydrogen) atoms. The van der Waals surface area contributed by atoms with Gasteiger partial charge in [-0.3, -0.25) is 4.90 Å². The van der Waals surface area contributed by atoms with Crippen LogP contribution in [0.1, 0.15) is 23.7 Å². The highest BCUT2D eigenvalue weighted by Crippen LogP contribution is 2.28. The molecule has 1 unspecified atom stereocenters. The first-order valence-electron chi connectivity index (χ1n) is 6.93. The molecule has 1 N–H and O–H groups in total. The number of hydrogen-bond acceptors (Lipinski definition) is 4. The summed E-state index contributed by atoms with van der Waals surface area (Å²) in [5.41, 5.74) is 1.09. The quantitative estimate of drug-likeness (QED) is 0.912. The number of benzene rings is 1. The van der Waals surface area contributed by atoms with E-state index in [-0.39, 0.29) is 0 Å². The summed E-state index contributed by atoms with van der Waals surface area (Å²) < 4.78 is 5.22. The van der Waals surface area contributed by atoms with Gasteiger partial charge in [-0.15, -0.1) is 0 Å². The lowest BCUT2D eigenvalue weighted by Crippen LogP contribution is -2.51. The molecule has 1 aromatic rings. The molecule has 0 bridgehead atoms. The van der Waals surface area contributed by atoms with Gasteiger partial charge in [-0.05, 0) is 25.6 Å². The van der Waals surface area contributed by atoms with Crippen LogP contribution in [0.2, 0.25) is 0 Å². The molecule has 0 saturated carbocycles. The fraction of sp³-hybridized carbons (Fsp3) is 0.533. The second-order valence-electron chi connectivity index (χ2n) is 5.18. The number of likely N-dealkylation sites (N-methyl/N-ethyl adjacent to an activating group) is 1. The maximum atomic E-state index is 11.4. The molecule has 1 saturated heterocycles. The number of carboxylic acids is 1. The summed E-state index contributed by atoms with van der Waals surface area (Å²) in [4.78, 5) is 15.9. The molecule has 5 heteroatoms. The second kappa shape index (κ2) is 6.13. The van der Waals surface area contributed by atoms with Crippen molar-refractivity contribution in [3.8, 4) is 5.75 Å². The number of methoxy groups -OCH3 is 1. The minimum absolute atomic E-state index is 0.338. The lowest BCUT2D eigenvalue weighted by atomic mass is 10.1. The number of piperazine rings is 1. The molecule has 2 rings (SSSR count). The zero-order valence-electron chi connectivity index (χ0n) is 12.3. The van der Waals surface area contributed by atoms with E-state index in [1.54, 1.807) is 19.2 Å². The Labute approximate surface area is 119 Å². The third-order valence-corrected chi connectivity index (χ3v) is 4.02. The number of aromatic carboxylic acids is 1. The molecule has 0 aliphatic carbocycles. The molecule has 0 radical (unpaired) electrons. The minimum atomic E-state index is -0.894. The number of hydrogen-bond donors (Lipinski definition) is 1. The van der Waals surface area contributed by atoms with E-state index < -0.39 is 5.97 Å². The van der Waals surface area contributed by atoms with Gasteiger partial charge >= 0.3 is 5.97 Å². The smallest absolute Gasteiger partial charge is 0.337 e. The van der Waals surface area contributed by atoms with Crippen molar-refractivity contribution >= 4 is 11.7 Å². The summed E-state index contributed by atoms with van der Waals surface area (Å²) in [5, 5.41) is 9.36. The predicted octanol–water partition coefficient (Wildman–Crippen LogP) is 1.92. The predicted molar refractivity (Wildman–Crippen MR) is 78.9 cm³/mol. The van der Waals surface area contributed by atoms with Gasteiger partial charge in [-0.1, -0.05) is 6.92 Å². The molecule has 0 amide bonds. The maximum Gasteiger partial charge on any atom is 0.337 e. The largest absolute Gasteiger partial charge is 0.497 e. The standard InChI is InChI=1S/C15H22N2O3/c1-4-11-10-17(8-7-16(11)2)14-9-12(20-3)5-6-13(14)15(18)19/h5-6,9,11H,4,7-8,10H2,1-3H3,(H,18,19). The fourth-order valence-electron chi connectivity index (χ4n) is 2.69. The van der Waals surface area contributed by atoms with Gasteiger partial charge < -0.3 is 14.7 Å². The van der Waals surface area contributed by atoms with Gasteiger partial charge in [0.15, 0.2) is 0 Å². The topological polar surface area (TPSA) is 53.0 Å². The Kier molecular flexibility index (Phi) is 4.49. The van der Waals surface area contributed by atoms with Crippen LogP contribution in [0.3, 0.4) is 0 Å². The van der Waals surface area contributed by atoms with Crippen molar-refractivity contribution in [2.45, 2.75) is 19.4 Å². The van der Waals surface area contributed by atoms with Crippen LogP contribution in [0.5, 0.6) is 5.75 Å². The Balaban J connectivity index is 2.32. The first-order valence-corrected chi connectivity index (χ1v) is 6.93. The van der Waals surface area contributed by atoms with Gasteiger partial charge in [0, 0.05) is 31.7 Å². The average molecular weight is 278 g/mol. The molecular formula is C15H22N2O3. The van der Waals surface area contributed by atoms with E-state index in [1.807, 2.05) is 6.07 Å². The van der Waals surface area contributed by atoms with Crippen LogP contribution in [0, 0.1) is 0 Å². The Bertz CT molecular complexity index is 490. The summed E-state index contributed by atoms with van der Waals surface area (Å²) in [6.07, 6.45) is 1.05. The highest BCUT2D eigenvalue weighted by molar-refractivity contribution is 5.95. The Morgan fingerprint density at radius 3 is 2.80 bits per heavy atom. The molecule has 1 aliphatic rings. The molecule has 110 valence electrons. The summed E-state index contributed by atoms with van der Waals surface area (Å²) in [6, 6.07) is 5.59. The van der Waals surface area contributed by atoms with E-state index in [9.17, 15) is 9.90 Å². The number of carboxylic acid groups (broad SMARTS) is 1. The summed E-state index contributed by atoms with van der Waals surface area (Å²) in [7, 11) is 3.72. The van der Waals surface area contributed by atoms with Gasteiger partial charge in [0.2, 0.25) is 0 Å². The van der Waals surface area contributed by atoms with Gasteiger partial charge in [-0.2, -0.15) is 0 Å². The van der Waals surface area contributed by atoms with Crippen molar-refractivity contribution in [3.63, 3.8) is 0 Å². The lowest BCUT2D eigenvalue weighted by molar-refractivity contribution is 0.0697. The number of rotatable bonds is 4. The molecule has 5 nitrogen and oxygen atoms in total. The average Bonchev–Trinajstić information content (AvgIpc) is 2.47. The Morgan fingerprint density at radius 1 is 1.45 bits per heavy atom. The van der Waals surface area contributed by atoms with E-state index in [4.69, 9.17) is 4.74 Å². The van der Waals surface area contributed by atoms with E-state index in [1.165, 1.54) is 0 Å². The number of anilines is 1. The lowest BCUT2D eigenvalue weighted by Gasteiger charge is -2.40. The van der Waals surface area contributed by atoms with E-state index in [0.717, 1.165) is 31.7 Å². The van der Waals surface area contributed by atoms with Crippen molar-refractivity contribution in [1.82, 2.24) is 4.90 Å². The zero-order valence-corrected chi connectivity index (χ0v) is 12.3. The third-order valence-electron chi connectivity index (χ3n) is 4.02. The highest BCUT2D eigenvalue weighted by atomic mass is 16.5. The summed E-state index contributed by atoms with van der Waals surface area (Å²) in [6.45, 7) is 4.78. The van der Waals surface area contributed by atoms with Crippen LogP contribution in [-0.2, 0) is 0 Å². The van der Waals surface area contributed by atoms with Crippen molar-refractivity contribution in [2.75, 3.05) is 38.7 Å². The van der Waals surface area contributed by atoms with Crippen LogP contribution >= 0.6 is 0 Å². The third kappa shape index (κ3) is 2.88. The van der Waals surface area contributed by atoms with Crippen LogP contribution in [0.25, 0.3) is 0 Å². The van der Waals surface area contributed by atoms with Crippen LogP contribution in [-0.4, -0.2) is 55.8 Å². The Morgan fingerprint density at radius 2 is 2.20 bits per heavy atom. The van der Waals surface area contributed by atoms with Crippen molar-refractivity contribution in [2.24, 2.45) is 0 Å². The van der Waals surface area contributed by atoms with Gasteiger partial charge in [0.1, 0.15) is 5.75 Å². The Hall–Kier alpha value is -1.75. The molecule has 1 aromatic carbocycles. The van der Waals surface area contributed by atoms with E-state index >= 15 is 0 Å². The summed E-state index contributed by atoms with van der Waals surface area (Å²) in [5.74, 6) is -0.202. The highest BCUT2D eigenvalue weighted by Gasteiger charge is 2.26. The normalized spacial score (nSPS) is 19.9. The first kappa shape index (κ1) is 14.7. The van der Waals surface area contributed by atoms with Gasteiger partial charge in [-0.25, -0.2) is 4.79 Å². The van der Waals surface area contributed by atoms with Gasteiger partial charge in [0.05, 0.1) is 18.4 Å². The number of carbonyl (C=O) groups is 1. The number of ether oxygens (including phenoxy) is 1. The molecule has 1 atom stereocenters. The molecule has 1 heterocycles. The second-order valence-corrected chi connectivity index (χ2v) is 5.18. The van der Waals surface area contributed by atoms with Crippen LogP contribution < -0.4 is 9.64 Å². The minimum Gasteiger partial charge on any atom is -0.497 e. The van der Waals surface area contributed by atoms with Crippen molar-refractivity contribution in [3.05, 3.63) is 23.8 Å². The first-order chi connectivity index (χ1) is 9.56. The molecule has 1 aliphatic heterocycles. The SMILES string of the molecule is CCC1CN(c2cc(OC)ccc2C(=O)O)CCN1C. The monoisotopic (exact) mass is 278 g/mol. The number of nitrogens with zero attached hydrogens (tertiary/aromatic N) is 2.